The number of rotatable bonds is 10. The molecule has 300 valence electrons. The minimum atomic E-state index is -1.38. The van der Waals surface area contributed by atoms with Crippen LogP contribution < -0.4 is 15.5 Å². The van der Waals surface area contributed by atoms with Crippen molar-refractivity contribution < 1.29 is 53.2 Å². The first kappa shape index (κ1) is 46.6. The molecular formula is C45H54CoN3O7. The molecule has 3 aliphatic rings. The van der Waals surface area contributed by atoms with Crippen LogP contribution in [-0.4, -0.2) is 69.4 Å². The molecule has 3 saturated heterocycles. The third kappa shape index (κ3) is 10.6. The van der Waals surface area contributed by atoms with E-state index in [-0.39, 0.29) is 39.8 Å². The maximum Gasteiger partial charge on any atom is 3.00 e. The van der Waals surface area contributed by atoms with E-state index in [0.717, 1.165) is 85.6 Å². The Morgan fingerprint density at radius 1 is 0.518 bits per heavy atom. The fourth-order valence-electron chi connectivity index (χ4n) is 8.43. The Balaban J connectivity index is 0.000000771. The van der Waals surface area contributed by atoms with Gasteiger partial charge in [0.15, 0.2) is 0 Å². The van der Waals surface area contributed by atoms with Gasteiger partial charge < -0.3 is 36.4 Å². The molecule has 1 aromatic heterocycles. The summed E-state index contributed by atoms with van der Waals surface area (Å²) in [7, 11) is 0. The third-order valence-electron chi connectivity index (χ3n) is 10.9. The molecule has 2 atom stereocenters. The minimum Gasteiger partial charge on any atom is -0.841 e. The van der Waals surface area contributed by atoms with Crippen LogP contribution in [0.25, 0.3) is 0 Å². The van der Waals surface area contributed by atoms with Crippen LogP contribution in [0.3, 0.4) is 0 Å². The SMILES string of the molecule is C1CCOC1.O.O.[Co+3].[O-]C(c1ccccc1)(c1ccccc1)[C@@H]1CCCN1Cc1cccc(CN2CCC[C@H]2C([O-])(c2ccccc2)c2ccccc2)n1.[O-]O. The second kappa shape index (κ2) is 22.8. The number of ether oxygens (including phenoxy) is 1. The maximum atomic E-state index is 15.1. The molecule has 4 heterocycles. The number of benzene rings is 4. The van der Waals surface area contributed by atoms with Gasteiger partial charge in [-0.05, 0) is 74.9 Å². The molecule has 10 nitrogen and oxygen atoms in total. The van der Waals surface area contributed by atoms with E-state index in [2.05, 4.69) is 28.0 Å². The smallest absolute Gasteiger partial charge is 0.841 e. The van der Waals surface area contributed by atoms with Gasteiger partial charge in [0.05, 0.1) is 11.4 Å². The summed E-state index contributed by atoms with van der Waals surface area (Å²) in [4.78, 5) is 9.81. The Morgan fingerprint density at radius 2 is 0.839 bits per heavy atom. The first-order valence-electron chi connectivity index (χ1n) is 18.9. The van der Waals surface area contributed by atoms with Crippen LogP contribution in [0.15, 0.2) is 140 Å². The number of likely N-dealkylation sites (tertiary alicyclic amines) is 2. The van der Waals surface area contributed by atoms with Gasteiger partial charge in [-0.2, -0.15) is 0 Å². The number of aromatic nitrogens is 1. The van der Waals surface area contributed by atoms with Crippen molar-refractivity contribution in [3.63, 3.8) is 0 Å². The molecule has 4 aromatic carbocycles. The second-order valence-corrected chi connectivity index (χ2v) is 14.1. The van der Waals surface area contributed by atoms with Crippen LogP contribution in [0.4, 0.5) is 0 Å². The Morgan fingerprint density at radius 3 is 1.12 bits per heavy atom. The summed E-state index contributed by atoms with van der Waals surface area (Å²) in [5, 5.41) is 43.1. The fraction of sp³-hybridized carbons (Fsp3) is 0.356. The van der Waals surface area contributed by atoms with E-state index in [1.54, 1.807) is 0 Å². The van der Waals surface area contributed by atoms with Gasteiger partial charge in [-0.3, -0.25) is 14.8 Å². The zero-order chi connectivity index (χ0) is 36.9. The molecule has 3 aliphatic heterocycles. The molecule has 0 amide bonds. The molecule has 0 saturated carbocycles. The van der Waals surface area contributed by atoms with Gasteiger partial charge in [-0.25, -0.2) is 0 Å². The Kier molecular flexibility index (Phi) is 19.0. The Hall–Kier alpha value is -3.82. The number of pyridine rings is 1. The average molecular weight is 808 g/mol. The van der Waals surface area contributed by atoms with E-state index in [0.29, 0.717) is 13.1 Å². The molecule has 5 N–H and O–H groups in total. The summed E-state index contributed by atoms with van der Waals surface area (Å²) in [6, 6.07) is 45.2. The van der Waals surface area contributed by atoms with Crippen LogP contribution in [0, 0.1) is 0 Å². The van der Waals surface area contributed by atoms with Crippen LogP contribution in [0.2, 0.25) is 0 Å². The van der Waals surface area contributed by atoms with E-state index in [1.165, 1.54) is 12.8 Å². The zero-order valence-electron chi connectivity index (χ0n) is 31.7. The van der Waals surface area contributed by atoms with Crippen molar-refractivity contribution in [2.24, 2.45) is 0 Å². The molecule has 0 aliphatic carbocycles. The van der Waals surface area contributed by atoms with Crippen LogP contribution in [-0.2, 0) is 45.8 Å². The topological polar surface area (TPSA) is 181 Å². The predicted octanol–water partition coefficient (Wildman–Crippen LogP) is 3.58. The monoisotopic (exact) mass is 807 g/mol. The first-order chi connectivity index (χ1) is 26.1. The molecule has 0 unspecified atom stereocenters. The molecule has 11 heteroatoms. The minimum absolute atomic E-state index is 0. The number of nitrogens with zero attached hydrogens (tertiary/aromatic N) is 3. The quantitative estimate of drug-likeness (QED) is 0.164. The molecule has 56 heavy (non-hydrogen) atoms. The van der Waals surface area contributed by atoms with Crippen molar-refractivity contribution in [2.45, 2.75) is 74.9 Å². The Bertz CT molecular complexity index is 1590. The van der Waals surface area contributed by atoms with E-state index in [4.69, 9.17) is 20.2 Å². The average Bonchev–Trinajstić information content (AvgIpc) is 4.06. The summed E-state index contributed by atoms with van der Waals surface area (Å²) in [5.41, 5.74) is 2.37. The number of hydrogen-bond acceptors (Lipinski definition) is 8. The molecular weight excluding hydrogens is 753 g/mol. The summed E-state index contributed by atoms with van der Waals surface area (Å²) < 4.78 is 4.94. The summed E-state index contributed by atoms with van der Waals surface area (Å²) in [5.74, 6) is 0. The molecule has 3 fully saturated rings. The summed E-state index contributed by atoms with van der Waals surface area (Å²) in [6.07, 6.45) is 6.20. The third-order valence-corrected chi connectivity index (χ3v) is 10.9. The van der Waals surface area contributed by atoms with E-state index >= 15 is 10.2 Å². The summed E-state index contributed by atoms with van der Waals surface area (Å²) in [6.45, 7) is 4.96. The van der Waals surface area contributed by atoms with Crippen molar-refractivity contribution in [3.8, 4) is 0 Å². The molecule has 0 spiro atoms. The summed E-state index contributed by atoms with van der Waals surface area (Å²) >= 11 is 0. The van der Waals surface area contributed by atoms with Gasteiger partial charge in [-0.1, -0.05) is 150 Å². The second-order valence-electron chi connectivity index (χ2n) is 14.1. The van der Waals surface area contributed by atoms with Crippen LogP contribution in [0.5, 0.6) is 0 Å². The fourth-order valence-corrected chi connectivity index (χ4v) is 8.43. The van der Waals surface area contributed by atoms with E-state index < -0.39 is 11.2 Å². The van der Waals surface area contributed by atoms with Gasteiger partial charge in [0.25, 0.3) is 0 Å². The molecule has 8 rings (SSSR count). The maximum absolute atomic E-state index is 15.1. The van der Waals surface area contributed by atoms with Crippen LogP contribution in [0.1, 0.15) is 72.2 Å². The van der Waals surface area contributed by atoms with Gasteiger partial charge in [0, 0.05) is 38.4 Å². The molecule has 0 bridgehead atoms. The Labute approximate surface area is 341 Å². The largest absolute Gasteiger partial charge is 3.00 e. The van der Waals surface area contributed by atoms with Gasteiger partial charge >= 0.3 is 16.8 Å². The standard InChI is InChI=1S/C41H41N3O2.C4H8O.Co.H2O2.2H2O/c45-40(32-16-5-1-6-17-32,33-18-7-2-8-19-33)38-26-14-28-43(38)30-36-24-13-25-37(42-36)31-44-29-15-27-39(44)41(46,34-20-9-3-10-21-34)35-22-11-4-12-23-35;1-2-4-5-3-1;;1-2;;/h1-13,16-25,38-39H,14-15,26-31H2;1-4H2;;1-2H;2*1H2/q-2;;+3;;;/p-1/t38-,39-;;;;;/m0...../s1. The van der Waals surface area contributed by atoms with Gasteiger partial charge in [0.2, 0.25) is 0 Å². The molecule has 0 radical (unpaired) electrons. The predicted molar refractivity (Wildman–Crippen MR) is 208 cm³/mol. The van der Waals surface area contributed by atoms with Crippen molar-refractivity contribution in [2.75, 3.05) is 26.3 Å². The van der Waals surface area contributed by atoms with Crippen molar-refractivity contribution in [1.29, 1.82) is 0 Å². The van der Waals surface area contributed by atoms with Gasteiger partial charge in [-0.15, -0.1) is 0 Å². The van der Waals surface area contributed by atoms with Crippen molar-refractivity contribution >= 4 is 0 Å². The van der Waals surface area contributed by atoms with Gasteiger partial charge in [0.1, 0.15) is 0 Å². The number of hydrogen-bond donors (Lipinski definition) is 1. The first-order valence-corrected chi connectivity index (χ1v) is 18.9. The van der Waals surface area contributed by atoms with E-state index in [9.17, 15) is 0 Å². The van der Waals surface area contributed by atoms with E-state index in [1.807, 2.05) is 121 Å². The normalized spacial score (nSPS) is 18.2. The van der Waals surface area contributed by atoms with Crippen molar-refractivity contribution in [1.82, 2.24) is 14.8 Å². The zero-order valence-corrected chi connectivity index (χ0v) is 32.7. The molecule has 5 aromatic rings. The van der Waals surface area contributed by atoms with Crippen molar-refractivity contribution in [3.05, 3.63) is 173 Å². The van der Waals surface area contributed by atoms with Crippen LogP contribution >= 0.6 is 0 Å².